The molecule has 0 aliphatic carbocycles. The Morgan fingerprint density at radius 1 is 0.897 bits per heavy atom. The number of nitrogens with zero attached hydrogens (tertiary/aromatic N) is 4. The molecule has 0 radical (unpaired) electrons. The lowest BCUT2D eigenvalue weighted by Crippen LogP contribution is -2.17. The fourth-order valence-corrected chi connectivity index (χ4v) is 2.69. The average Bonchev–Trinajstić information content (AvgIpc) is 3.19. The van der Waals surface area contributed by atoms with E-state index in [1.165, 1.54) is 35.3 Å². The maximum atomic E-state index is 12.3. The lowest BCUT2D eigenvalue weighted by atomic mass is 10.1. The van der Waals surface area contributed by atoms with Crippen LogP contribution in [0.3, 0.4) is 0 Å². The van der Waals surface area contributed by atoms with Gasteiger partial charge in [-0.05, 0) is 48.5 Å². The molecule has 0 amide bonds. The molecule has 0 atom stereocenters. The average molecular weight is 397 g/mol. The second-order valence-electron chi connectivity index (χ2n) is 5.96. The highest BCUT2D eigenvalue weighted by Crippen LogP contribution is 2.28. The number of pyridine rings is 1. The number of alkyl halides is 3. The zero-order valence-electron chi connectivity index (χ0n) is 14.8. The van der Waals surface area contributed by atoms with Crippen LogP contribution < -0.4 is 10.1 Å². The van der Waals surface area contributed by atoms with Gasteiger partial charge in [-0.15, -0.1) is 18.3 Å². The van der Waals surface area contributed by atoms with E-state index in [9.17, 15) is 13.2 Å². The summed E-state index contributed by atoms with van der Waals surface area (Å²) in [6.45, 7) is 0. The van der Waals surface area contributed by atoms with Gasteiger partial charge in [0.25, 0.3) is 0 Å². The van der Waals surface area contributed by atoms with Gasteiger partial charge in [0.2, 0.25) is 0 Å². The SMILES string of the molecule is FC(F)(F)Oc1ccc(-n2cnc(-c3ccccc3Nc3ccncc3)n2)cc1. The van der Waals surface area contributed by atoms with Crippen LogP contribution in [-0.4, -0.2) is 26.1 Å². The summed E-state index contributed by atoms with van der Waals surface area (Å²) < 4.78 is 42.2. The standard InChI is InChI=1S/C20H14F3N5O/c21-20(22,23)29-16-7-5-15(6-8-16)28-13-25-19(27-28)17-3-1-2-4-18(17)26-14-9-11-24-12-10-14/h1-13H,(H,24,26). The molecule has 0 aliphatic rings. The van der Waals surface area contributed by atoms with E-state index in [4.69, 9.17) is 0 Å². The van der Waals surface area contributed by atoms with Gasteiger partial charge in [0.1, 0.15) is 12.1 Å². The number of hydrogen-bond donors (Lipinski definition) is 1. The first-order chi connectivity index (χ1) is 14.0. The highest BCUT2D eigenvalue weighted by atomic mass is 19.4. The van der Waals surface area contributed by atoms with Crippen molar-refractivity contribution >= 4 is 11.4 Å². The fourth-order valence-electron chi connectivity index (χ4n) is 2.69. The number of rotatable bonds is 5. The number of nitrogens with one attached hydrogen (secondary N) is 1. The van der Waals surface area contributed by atoms with Gasteiger partial charge >= 0.3 is 6.36 Å². The van der Waals surface area contributed by atoms with Gasteiger partial charge in [-0.25, -0.2) is 9.67 Å². The Bertz CT molecular complexity index is 1100. The minimum atomic E-state index is -4.73. The first kappa shape index (κ1) is 18.5. The van der Waals surface area contributed by atoms with Crippen molar-refractivity contribution in [1.82, 2.24) is 19.7 Å². The Morgan fingerprint density at radius 2 is 1.62 bits per heavy atom. The van der Waals surface area contributed by atoms with Crippen molar-refractivity contribution in [1.29, 1.82) is 0 Å². The molecule has 0 saturated heterocycles. The topological polar surface area (TPSA) is 64.9 Å². The number of ether oxygens (including phenoxy) is 1. The number of benzene rings is 2. The quantitative estimate of drug-likeness (QED) is 0.515. The molecule has 2 heterocycles. The summed E-state index contributed by atoms with van der Waals surface area (Å²) in [4.78, 5) is 8.33. The van der Waals surface area contributed by atoms with Crippen molar-refractivity contribution in [2.24, 2.45) is 0 Å². The molecule has 2 aromatic heterocycles. The molecule has 0 unspecified atom stereocenters. The molecule has 6 nitrogen and oxygen atoms in total. The summed E-state index contributed by atoms with van der Waals surface area (Å²) in [6, 6.07) is 16.6. The molecule has 1 N–H and O–H groups in total. The Kier molecular flexibility index (Phi) is 4.86. The lowest BCUT2D eigenvalue weighted by molar-refractivity contribution is -0.274. The highest BCUT2D eigenvalue weighted by Gasteiger charge is 2.31. The van der Waals surface area contributed by atoms with Crippen LogP contribution in [0, 0.1) is 0 Å². The summed E-state index contributed by atoms with van der Waals surface area (Å²) in [5.41, 5.74) is 3.01. The van der Waals surface area contributed by atoms with Crippen LogP contribution >= 0.6 is 0 Å². The first-order valence-electron chi connectivity index (χ1n) is 8.52. The third-order valence-electron chi connectivity index (χ3n) is 3.95. The van der Waals surface area contributed by atoms with Crippen LogP contribution in [0.5, 0.6) is 5.75 Å². The zero-order valence-corrected chi connectivity index (χ0v) is 14.8. The summed E-state index contributed by atoms with van der Waals surface area (Å²) in [6.07, 6.45) is 0.139. The van der Waals surface area contributed by atoms with Crippen molar-refractivity contribution < 1.29 is 17.9 Å². The lowest BCUT2D eigenvalue weighted by Gasteiger charge is -2.10. The Balaban J connectivity index is 1.58. The number of para-hydroxylation sites is 1. The smallest absolute Gasteiger partial charge is 0.406 e. The van der Waals surface area contributed by atoms with Gasteiger partial charge in [0.15, 0.2) is 5.82 Å². The van der Waals surface area contributed by atoms with Gasteiger partial charge in [-0.2, -0.15) is 0 Å². The summed E-state index contributed by atoms with van der Waals surface area (Å²) in [7, 11) is 0. The Labute approximate surface area is 163 Å². The molecule has 9 heteroatoms. The van der Waals surface area contributed by atoms with Gasteiger partial charge in [0, 0.05) is 29.3 Å². The van der Waals surface area contributed by atoms with E-state index in [1.54, 1.807) is 12.4 Å². The van der Waals surface area contributed by atoms with E-state index in [-0.39, 0.29) is 5.75 Å². The van der Waals surface area contributed by atoms with Crippen molar-refractivity contribution in [3.05, 3.63) is 79.4 Å². The third-order valence-corrected chi connectivity index (χ3v) is 3.95. The van der Waals surface area contributed by atoms with Crippen LogP contribution in [-0.2, 0) is 0 Å². The van der Waals surface area contributed by atoms with E-state index in [1.807, 2.05) is 36.4 Å². The highest BCUT2D eigenvalue weighted by molar-refractivity contribution is 5.77. The molecule has 0 fully saturated rings. The summed E-state index contributed by atoms with van der Waals surface area (Å²) >= 11 is 0. The normalized spacial score (nSPS) is 11.3. The van der Waals surface area contributed by atoms with E-state index < -0.39 is 6.36 Å². The second kappa shape index (κ2) is 7.63. The molecule has 146 valence electrons. The summed E-state index contributed by atoms with van der Waals surface area (Å²) in [5.74, 6) is 0.172. The van der Waals surface area contributed by atoms with E-state index in [0.717, 1.165) is 16.9 Å². The van der Waals surface area contributed by atoms with Crippen molar-refractivity contribution in [2.75, 3.05) is 5.32 Å². The molecule has 0 spiro atoms. The van der Waals surface area contributed by atoms with Gasteiger partial charge in [-0.1, -0.05) is 12.1 Å². The fraction of sp³-hybridized carbons (Fsp3) is 0.0500. The molecule has 0 bridgehead atoms. The molecular formula is C20H14F3N5O. The van der Waals surface area contributed by atoms with Crippen LogP contribution in [0.2, 0.25) is 0 Å². The predicted octanol–water partition coefficient (Wildman–Crippen LogP) is 4.97. The minimum Gasteiger partial charge on any atom is -0.406 e. The van der Waals surface area contributed by atoms with E-state index in [2.05, 4.69) is 25.1 Å². The Morgan fingerprint density at radius 3 is 2.34 bits per heavy atom. The zero-order chi connectivity index (χ0) is 20.3. The van der Waals surface area contributed by atoms with Gasteiger partial charge in [-0.3, -0.25) is 4.98 Å². The van der Waals surface area contributed by atoms with E-state index >= 15 is 0 Å². The number of aromatic nitrogens is 4. The monoisotopic (exact) mass is 397 g/mol. The van der Waals surface area contributed by atoms with E-state index in [0.29, 0.717) is 11.5 Å². The second-order valence-corrected chi connectivity index (χ2v) is 5.96. The van der Waals surface area contributed by atoms with Crippen LogP contribution in [0.25, 0.3) is 17.1 Å². The van der Waals surface area contributed by atoms with Crippen LogP contribution in [0.15, 0.2) is 79.4 Å². The maximum Gasteiger partial charge on any atom is 0.573 e. The number of halogens is 3. The molecule has 4 aromatic rings. The largest absolute Gasteiger partial charge is 0.573 e. The predicted molar refractivity (Wildman–Crippen MR) is 101 cm³/mol. The molecule has 0 saturated carbocycles. The molecular weight excluding hydrogens is 383 g/mol. The summed E-state index contributed by atoms with van der Waals surface area (Å²) in [5, 5.41) is 7.74. The van der Waals surface area contributed by atoms with Gasteiger partial charge in [0.05, 0.1) is 5.69 Å². The van der Waals surface area contributed by atoms with Crippen LogP contribution in [0.4, 0.5) is 24.5 Å². The maximum absolute atomic E-state index is 12.3. The van der Waals surface area contributed by atoms with Crippen molar-refractivity contribution in [3.63, 3.8) is 0 Å². The molecule has 29 heavy (non-hydrogen) atoms. The molecule has 4 rings (SSSR count). The molecule has 2 aromatic carbocycles. The van der Waals surface area contributed by atoms with Gasteiger partial charge < -0.3 is 10.1 Å². The minimum absolute atomic E-state index is 0.298. The first-order valence-corrected chi connectivity index (χ1v) is 8.52. The number of hydrogen-bond acceptors (Lipinski definition) is 5. The van der Waals surface area contributed by atoms with Crippen molar-refractivity contribution in [2.45, 2.75) is 6.36 Å². The molecule has 0 aliphatic heterocycles. The van der Waals surface area contributed by atoms with Crippen molar-refractivity contribution in [3.8, 4) is 22.8 Å². The number of anilines is 2. The Hall–Kier alpha value is -3.88. The third kappa shape index (κ3) is 4.52. The van der Waals surface area contributed by atoms with Crippen LogP contribution in [0.1, 0.15) is 0 Å².